The molecule has 0 atom stereocenters. The lowest BCUT2D eigenvalue weighted by Gasteiger charge is -1.96. The number of benzene rings is 2. The van der Waals surface area contributed by atoms with Crippen molar-refractivity contribution in [3.8, 4) is 0 Å². The molecule has 0 fully saturated rings. The van der Waals surface area contributed by atoms with Crippen molar-refractivity contribution in [1.82, 2.24) is 4.98 Å². The van der Waals surface area contributed by atoms with Crippen LogP contribution in [0, 0.1) is 13.8 Å². The van der Waals surface area contributed by atoms with Gasteiger partial charge in [0.2, 0.25) is 0 Å². The number of aliphatic hydroxyl groups is 1. The SMILES string of the molecule is CC(C)O.CCC(C)=O.Cc1[nH]c2ccc(Br)cc2c1C.Cl.NNc1ccc(Br)cc1. The number of hydrazine groups is 1. The van der Waals surface area contributed by atoms with Crippen LogP contribution in [0.25, 0.3) is 10.9 Å². The number of carbonyl (C=O) groups is 1. The Morgan fingerprint density at radius 2 is 1.55 bits per heavy atom. The fourth-order valence-electron chi connectivity index (χ4n) is 1.98. The number of ketones is 1. The first kappa shape index (κ1) is 31.8. The Morgan fingerprint density at radius 3 is 1.97 bits per heavy atom. The second-order valence-corrected chi connectivity index (χ2v) is 8.70. The highest BCUT2D eigenvalue weighted by atomic mass is 79.9. The Morgan fingerprint density at radius 1 is 1.10 bits per heavy atom. The number of halogens is 3. The number of aliphatic hydroxyl groups excluding tert-OH is 1. The van der Waals surface area contributed by atoms with E-state index in [0.717, 1.165) is 14.6 Å². The standard InChI is InChI=1S/C10H10BrN.C6H7BrN2.C4H8O.C3H8O.ClH/c1-6-7(2)12-10-4-3-8(11)5-9(6)10;7-5-1-3-6(9-8)4-2-5;1-3-4(2)5;1-3(2)4;/h3-5,12H,1-2H3;1-4,9H,8H2;3H2,1-2H3;3-4H,1-2H3;1H. The number of nitrogen functional groups attached to an aromatic ring is 1. The van der Waals surface area contributed by atoms with E-state index in [1.54, 1.807) is 20.8 Å². The molecule has 0 aliphatic heterocycles. The summed E-state index contributed by atoms with van der Waals surface area (Å²) in [4.78, 5) is 13.1. The normalized spacial score (nSPS) is 9.26. The lowest BCUT2D eigenvalue weighted by atomic mass is 10.2. The molecule has 2 aromatic carbocycles. The summed E-state index contributed by atoms with van der Waals surface area (Å²) in [7, 11) is 0. The van der Waals surface area contributed by atoms with E-state index in [2.05, 4.69) is 74.3 Å². The number of aromatic amines is 1. The molecular weight excluding hydrogens is 546 g/mol. The van der Waals surface area contributed by atoms with E-state index in [1.165, 1.54) is 22.2 Å². The fraction of sp³-hybridized carbons (Fsp3) is 0.348. The average molecular weight is 580 g/mol. The fourth-order valence-corrected chi connectivity index (χ4v) is 2.61. The second kappa shape index (κ2) is 17.2. The Kier molecular flexibility index (Phi) is 17.7. The Balaban J connectivity index is 0. The second-order valence-electron chi connectivity index (χ2n) is 6.87. The van der Waals surface area contributed by atoms with Crippen molar-refractivity contribution in [3.63, 3.8) is 0 Å². The molecule has 0 amide bonds. The van der Waals surface area contributed by atoms with Gasteiger partial charge in [-0.25, -0.2) is 0 Å². The number of aromatic nitrogens is 1. The zero-order valence-corrected chi connectivity index (χ0v) is 22.9. The molecule has 0 aliphatic carbocycles. The quantitative estimate of drug-likeness (QED) is 0.193. The van der Waals surface area contributed by atoms with Crippen LogP contribution in [0.4, 0.5) is 5.69 Å². The van der Waals surface area contributed by atoms with Crippen LogP contribution in [0.1, 0.15) is 45.4 Å². The third kappa shape index (κ3) is 14.3. The number of aryl methyl sites for hydroxylation is 2. The summed E-state index contributed by atoms with van der Waals surface area (Å²) < 4.78 is 2.19. The Labute approximate surface area is 208 Å². The number of nitrogens with two attached hydrogens (primary N) is 1. The largest absolute Gasteiger partial charge is 0.394 e. The van der Waals surface area contributed by atoms with Gasteiger partial charge in [-0.3, -0.25) is 5.84 Å². The first-order valence-electron chi connectivity index (χ1n) is 9.65. The topological polar surface area (TPSA) is 91.1 Å². The van der Waals surface area contributed by atoms with Crippen molar-refractivity contribution < 1.29 is 9.90 Å². The van der Waals surface area contributed by atoms with Crippen molar-refractivity contribution in [2.24, 2.45) is 5.84 Å². The van der Waals surface area contributed by atoms with E-state index in [4.69, 9.17) is 10.9 Å². The van der Waals surface area contributed by atoms with Gasteiger partial charge in [-0.2, -0.15) is 0 Å². The van der Waals surface area contributed by atoms with Crippen LogP contribution in [0.5, 0.6) is 0 Å². The van der Waals surface area contributed by atoms with Crippen LogP contribution in [-0.4, -0.2) is 22.0 Å². The highest BCUT2D eigenvalue weighted by molar-refractivity contribution is 9.10. The number of anilines is 1. The molecule has 0 aliphatic rings. The first-order chi connectivity index (χ1) is 14.0. The van der Waals surface area contributed by atoms with Gasteiger partial charge < -0.3 is 20.3 Å². The average Bonchev–Trinajstić information content (AvgIpc) is 2.97. The van der Waals surface area contributed by atoms with Gasteiger partial charge in [0.05, 0.1) is 0 Å². The number of carbonyl (C=O) groups excluding carboxylic acids is 1. The number of nitrogens with one attached hydrogen (secondary N) is 2. The summed E-state index contributed by atoms with van der Waals surface area (Å²) in [5.74, 6) is 5.39. The molecular formula is C23H34Br2ClN3O2. The van der Waals surface area contributed by atoms with Crippen LogP contribution in [0.2, 0.25) is 0 Å². The minimum absolute atomic E-state index is 0. The molecule has 3 rings (SSSR count). The summed E-state index contributed by atoms with van der Waals surface area (Å²) in [5.41, 5.74) is 7.26. The molecule has 1 heterocycles. The maximum absolute atomic E-state index is 9.81. The molecule has 0 saturated carbocycles. The van der Waals surface area contributed by atoms with Crippen molar-refractivity contribution in [3.05, 3.63) is 62.7 Å². The van der Waals surface area contributed by atoms with Gasteiger partial charge in [0, 0.05) is 43.8 Å². The van der Waals surface area contributed by atoms with Gasteiger partial charge in [0.25, 0.3) is 0 Å². The van der Waals surface area contributed by atoms with Gasteiger partial charge in [0.15, 0.2) is 0 Å². The highest BCUT2D eigenvalue weighted by Gasteiger charge is 2.02. The molecule has 0 saturated heterocycles. The molecule has 31 heavy (non-hydrogen) atoms. The maximum Gasteiger partial charge on any atom is 0.129 e. The summed E-state index contributed by atoms with van der Waals surface area (Å²) >= 11 is 6.77. The number of rotatable bonds is 2. The highest BCUT2D eigenvalue weighted by Crippen LogP contribution is 2.24. The molecule has 0 bridgehead atoms. The molecule has 0 radical (unpaired) electrons. The van der Waals surface area contributed by atoms with Crippen LogP contribution in [0.15, 0.2) is 51.4 Å². The summed E-state index contributed by atoms with van der Waals surface area (Å²) in [5, 5.41) is 9.36. The van der Waals surface area contributed by atoms with Crippen LogP contribution < -0.4 is 11.3 Å². The van der Waals surface area contributed by atoms with Gasteiger partial charge >= 0.3 is 0 Å². The lowest BCUT2D eigenvalue weighted by Crippen LogP contribution is -2.05. The molecule has 8 heteroatoms. The number of hydrogen-bond acceptors (Lipinski definition) is 4. The zero-order chi connectivity index (χ0) is 23.3. The third-order valence-electron chi connectivity index (χ3n) is 3.78. The van der Waals surface area contributed by atoms with Gasteiger partial charge in [-0.15, -0.1) is 12.4 Å². The molecule has 3 aromatic rings. The zero-order valence-electron chi connectivity index (χ0n) is 18.9. The van der Waals surface area contributed by atoms with E-state index in [9.17, 15) is 4.79 Å². The molecule has 174 valence electrons. The molecule has 1 aromatic heterocycles. The molecule has 0 spiro atoms. The summed E-state index contributed by atoms with van der Waals surface area (Å²) in [6, 6.07) is 13.9. The molecule has 5 N–H and O–H groups in total. The Hall–Kier alpha value is -1.38. The minimum atomic E-state index is -0.167. The number of Topliss-reactive ketones (excluding diaryl/α,β-unsaturated/α-hetero) is 1. The Bertz CT molecular complexity index is 895. The summed E-state index contributed by atoms with van der Waals surface area (Å²) in [6.07, 6.45) is 0.500. The van der Waals surface area contributed by atoms with Crippen LogP contribution in [-0.2, 0) is 4.79 Å². The van der Waals surface area contributed by atoms with Gasteiger partial charge in [-0.1, -0.05) is 38.8 Å². The van der Waals surface area contributed by atoms with Crippen molar-refractivity contribution >= 4 is 66.6 Å². The lowest BCUT2D eigenvalue weighted by molar-refractivity contribution is -0.116. The van der Waals surface area contributed by atoms with Gasteiger partial charge in [-0.05, 0) is 82.6 Å². The first-order valence-corrected chi connectivity index (χ1v) is 11.2. The van der Waals surface area contributed by atoms with E-state index in [0.29, 0.717) is 6.42 Å². The predicted octanol–water partition coefficient (Wildman–Crippen LogP) is 7.08. The number of hydrogen-bond donors (Lipinski definition) is 4. The molecule has 0 unspecified atom stereocenters. The van der Waals surface area contributed by atoms with Crippen LogP contribution >= 0.6 is 44.3 Å². The van der Waals surface area contributed by atoms with Crippen molar-refractivity contribution in [2.75, 3.05) is 5.43 Å². The van der Waals surface area contributed by atoms with Gasteiger partial charge in [0.1, 0.15) is 5.78 Å². The smallest absolute Gasteiger partial charge is 0.129 e. The van der Waals surface area contributed by atoms with Crippen molar-refractivity contribution in [2.45, 2.75) is 54.1 Å². The number of fused-ring (bicyclic) bond motifs is 1. The van der Waals surface area contributed by atoms with E-state index in [1.807, 2.05) is 31.2 Å². The van der Waals surface area contributed by atoms with E-state index >= 15 is 0 Å². The maximum atomic E-state index is 9.81. The van der Waals surface area contributed by atoms with E-state index < -0.39 is 0 Å². The van der Waals surface area contributed by atoms with Crippen molar-refractivity contribution in [1.29, 1.82) is 0 Å². The van der Waals surface area contributed by atoms with E-state index in [-0.39, 0.29) is 24.3 Å². The molecule has 5 nitrogen and oxygen atoms in total. The third-order valence-corrected chi connectivity index (χ3v) is 4.80. The monoisotopic (exact) mass is 577 g/mol. The minimum Gasteiger partial charge on any atom is -0.394 e. The predicted molar refractivity (Wildman–Crippen MR) is 143 cm³/mol. The van der Waals surface area contributed by atoms with Crippen LogP contribution in [0.3, 0.4) is 0 Å². The number of H-pyrrole nitrogens is 1. The summed E-state index contributed by atoms with van der Waals surface area (Å²) in [6.45, 7) is 11.1.